The maximum Gasteiger partial charge on any atom is 0.158 e. The van der Waals surface area contributed by atoms with Crippen molar-refractivity contribution in [2.45, 2.75) is 27.7 Å². The average Bonchev–Trinajstić information content (AvgIpc) is 2.24. The monoisotopic (exact) mass is 231 g/mol. The maximum absolute atomic E-state index is 11.7. The van der Waals surface area contributed by atoms with Crippen LogP contribution in [0.3, 0.4) is 0 Å². The maximum atomic E-state index is 11.7. The van der Waals surface area contributed by atoms with Crippen LogP contribution in [0.25, 0.3) is 5.70 Å². The Labute approximate surface area is 104 Å². The number of Topliss-reactive ketones (excluding diaryl/α,β-unsaturated/α-hetero) is 1. The molecule has 0 saturated carbocycles. The summed E-state index contributed by atoms with van der Waals surface area (Å²) in [5, 5.41) is 3.17. The highest BCUT2D eigenvalue weighted by Gasteiger charge is 2.15. The molecule has 0 heterocycles. The van der Waals surface area contributed by atoms with Crippen molar-refractivity contribution in [2.75, 3.05) is 7.05 Å². The van der Waals surface area contributed by atoms with Crippen LogP contribution >= 0.6 is 0 Å². The van der Waals surface area contributed by atoms with Gasteiger partial charge in [0, 0.05) is 18.3 Å². The zero-order valence-corrected chi connectivity index (χ0v) is 11.3. The molecule has 1 aromatic rings. The summed E-state index contributed by atoms with van der Waals surface area (Å²) in [5.74, 6) is 0.348. The fourth-order valence-electron chi connectivity index (χ4n) is 2.11. The molecule has 0 bridgehead atoms. The highest BCUT2D eigenvalue weighted by molar-refractivity contribution is 6.01. The third kappa shape index (κ3) is 3.19. The number of rotatable bonds is 4. The number of hydrogen-bond acceptors (Lipinski definition) is 2. The first-order chi connectivity index (χ1) is 7.97. The third-order valence-corrected chi connectivity index (χ3v) is 2.78. The molecular weight excluding hydrogens is 210 g/mol. The Kier molecular flexibility index (Phi) is 4.50. The number of carbonyl (C=O) groups excluding carboxylic acids is 1. The van der Waals surface area contributed by atoms with E-state index in [4.69, 9.17) is 0 Å². The molecule has 0 amide bonds. The number of carbonyl (C=O) groups is 1. The van der Waals surface area contributed by atoms with Crippen LogP contribution in [0.1, 0.15) is 31.9 Å². The second-order valence-electron chi connectivity index (χ2n) is 4.62. The molecule has 0 aliphatic carbocycles. The van der Waals surface area contributed by atoms with Crippen molar-refractivity contribution < 1.29 is 4.79 Å². The lowest BCUT2D eigenvalue weighted by Crippen LogP contribution is -2.16. The van der Waals surface area contributed by atoms with Gasteiger partial charge in [0.05, 0.1) is 0 Å². The second kappa shape index (κ2) is 5.67. The lowest BCUT2D eigenvalue weighted by Gasteiger charge is -2.16. The molecule has 0 aliphatic rings. The topological polar surface area (TPSA) is 29.1 Å². The highest BCUT2D eigenvalue weighted by atomic mass is 16.1. The molecule has 17 heavy (non-hydrogen) atoms. The molecule has 0 spiro atoms. The normalized spacial score (nSPS) is 12.4. The number of nitrogens with one attached hydrogen (secondary N) is 1. The minimum absolute atomic E-state index is 0.130. The van der Waals surface area contributed by atoms with Gasteiger partial charge in [-0.2, -0.15) is 0 Å². The summed E-state index contributed by atoms with van der Waals surface area (Å²) in [7, 11) is 1.86. The van der Waals surface area contributed by atoms with Crippen molar-refractivity contribution >= 4 is 11.5 Å². The van der Waals surface area contributed by atoms with Crippen LogP contribution in [0.5, 0.6) is 0 Å². The zero-order chi connectivity index (χ0) is 13.0. The van der Waals surface area contributed by atoms with Gasteiger partial charge in [0.2, 0.25) is 0 Å². The first kappa shape index (κ1) is 13.5. The van der Waals surface area contributed by atoms with E-state index in [1.807, 2.05) is 33.0 Å². The number of allylic oxidation sites excluding steroid dienone is 1. The average molecular weight is 231 g/mol. The zero-order valence-electron chi connectivity index (χ0n) is 11.3. The molecule has 0 saturated heterocycles. The van der Waals surface area contributed by atoms with E-state index in [9.17, 15) is 4.79 Å². The molecule has 0 radical (unpaired) electrons. The van der Waals surface area contributed by atoms with Gasteiger partial charge in [-0.05, 0) is 31.4 Å². The van der Waals surface area contributed by atoms with Crippen molar-refractivity contribution in [1.29, 1.82) is 0 Å². The molecule has 1 aromatic carbocycles. The van der Waals surface area contributed by atoms with Gasteiger partial charge in [-0.25, -0.2) is 0 Å². The van der Waals surface area contributed by atoms with Gasteiger partial charge < -0.3 is 5.32 Å². The van der Waals surface area contributed by atoms with Gasteiger partial charge in [0.1, 0.15) is 0 Å². The van der Waals surface area contributed by atoms with E-state index in [0.717, 1.165) is 16.8 Å². The van der Waals surface area contributed by atoms with E-state index in [-0.39, 0.29) is 11.7 Å². The quantitative estimate of drug-likeness (QED) is 0.806. The van der Waals surface area contributed by atoms with E-state index >= 15 is 0 Å². The molecule has 2 heteroatoms. The lowest BCUT2D eigenvalue weighted by molar-refractivity contribution is -0.114. The van der Waals surface area contributed by atoms with Gasteiger partial charge in [0.15, 0.2) is 5.78 Å². The summed E-state index contributed by atoms with van der Waals surface area (Å²) < 4.78 is 0. The summed E-state index contributed by atoms with van der Waals surface area (Å²) in [6.45, 7) is 7.77. The van der Waals surface area contributed by atoms with E-state index in [0.29, 0.717) is 0 Å². The Hall–Kier alpha value is -1.57. The Morgan fingerprint density at radius 1 is 1.29 bits per heavy atom. The van der Waals surface area contributed by atoms with Crippen molar-refractivity contribution in [2.24, 2.45) is 5.92 Å². The van der Waals surface area contributed by atoms with Gasteiger partial charge in [0.25, 0.3) is 0 Å². The number of ketones is 1. The van der Waals surface area contributed by atoms with Gasteiger partial charge in [-0.3, -0.25) is 4.79 Å². The molecule has 1 N–H and O–H groups in total. The van der Waals surface area contributed by atoms with Gasteiger partial charge >= 0.3 is 0 Å². The number of aryl methyl sites for hydroxylation is 1. The van der Waals surface area contributed by atoms with Crippen molar-refractivity contribution in [3.63, 3.8) is 0 Å². The van der Waals surface area contributed by atoms with Crippen molar-refractivity contribution in [1.82, 2.24) is 5.32 Å². The van der Waals surface area contributed by atoms with Crippen LogP contribution < -0.4 is 5.32 Å². The fraction of sp³-hybridized carbons (Fsp3) is 0.400. The SMILES string of the molecule is CN/C(=C(\C(C)=O)C(C)C)c1cccc(C)c1. The van der Waals surface area contributed by atoms with Crippen LogP contribution in [-0.2, 0) is 4.79 Å². The minimum Gasteiger partial charge on any atom is -0.387 e. The van der Waals surface area contributed by atoms with Gasteiger partial charge in [-0.1, -0.05) is 37.6 Å². The lowest BCUT2D eigenvalue weighted by atomic mass is 9.93. The fourth-order valence-corrected chi connectivity index (χ4v) is 2.11. The predicted molar refractivity (Wildman–Crippen MR) is 72.7 cm³/mol. The van der Waals surface area contributed by atoms with E-state index in [1.54, 1.807) is 6.92 Å². The smallest absolute Gasteiger partial charge is 0.158 e. The van der Waals surface area contributed by atoms with Gasteiger partial charge in [-0.15, -0.1) is 0 Å². The summed E-state index contributed by atoms with van der Waals surface area (Å²) in [6, 6.07) is 8.20. The molecule has 0 unspecified atom stereocenters. The first-order valence-corrected chi connectivity index (χ1v) is 5.97. The molecule has 0 atom stereocenters. The van der Waals surface area contributed by atoms with Crippen LogP contribution in [0.2, 0.25) is 0 Å². The highest BCUT2D eigenvalue weighted by Crippen LogP contribution is 2.23. The molecule has 92 valence electrons. The van der Waals surface area contributed by atoms with E-state index in [1.165, 1.54) is 5.56 Å². The Morgan fingerprint density at radius 3 is 2.35 bits per heavy atom. The molecule has 2 nitrogen and oxygen atoms in total. The summed E-state index contributed by atoms with van der Waals surface area (Å²) in [6.07, 6.45) is 0. The Bertz CT molecular complexity index is 444. The minimum atomic E-state index is 0.130. The Morgan fingerprint density at radius 2 is 1.94 bits per heavy atom. The Balaban J connectivity index is 3.39. The summed E-state index contributed by atoms with van der Waals surface area (Å²) >= 11 is 0. The number of hydrogen-bond donors (Lipinski definition) is 1. The predicted octanol–water partition coefficient (Wildman–Crippen LogP) is 3.17. The van der Waals surface area contributed by atoms with Crippen LogP contribution in [0.4, 0.5) is 0 Å². The number of benzene rings is 1. The molecule has 0 fully saturated rings. The van der Waals surface area contributed by atoms with Crippen LogP contribution in [-0.4, -0.2) is 12.8 Å². The third-order valence-electron chi connectivity index (χ3n) is 2.78. The summed E-state index contributed by atoms with van der Waals surface area (Å²) in [5.41, 5.74) is 4.07. The molecule has 0 aromatic heterocycles. The molecular formula is C15H21NO. The largest absolute Gasteiger partial charge is 0.387 e. The van der Waals surface area contributed by atoms with Crippen molar-refractivity contribution in [3.8, 4) is 0 Å². The van der Waals surface area contributed by atoms with E-state index < -0.39 is 0 Å². The second-order valence-corrected chi connectivity index (χ2v) is 4.62. The molecule has 1 rings (SSSR count). The molecule has 0 aliphatic heterocycles. The van der Waals surface area contributed by atoms with Crippen LogP contribution in [0, 0.1) is 12.8 Å². The summed E-state index contributed by atoms with van der Waals surface area (Å²) in [4.78, 5) is 11.7. The van der Waals surface area contributed by atoms with Crippen molar-refractivity contribution in [3.05, 3.63) is 41.0 Å². The first-order valence-electron chi connectivity index (χ1n) is 5.97. The van der Waals surface area contributed by atoms with Crippen LogP contribution in [0.15, 0.2) is 29.8 Å². The van der Waals surface area contributed by atoms with E-state index in [2.05, 4.69) is 24.4 Å². The standard InChI is InChI=1S/C15H21NO/c1-10(2)14(12(4)17)15(16-5)13-8-6-7-11(3)9-13/h6-10,16H,1-5H3/b15-14-.